The Kier molecular flexibility index (Phi) is 8.19. The molecule has 2 N–H and O–H groups in total. The zero-order chi connectivity index (χ0) is 17.5. The zero-order valence-corrected chi connectivity index (χ0v) is 15.1. The van der Waals surface area contributed by atoms with Crippen molar-refractivity contribution in [2.24, 2.45) is 0 Å². The largest absolute Gasteiger partial charge is 0.391 e. The minimum Gasteiger partial charge on any atom is -0.391 e. The van der Waals surface area contributed by atoms with Crippen LogP contribution in [0.3, 0.4) is 0 Å². The predicted octanol–water partition coefficient (Wildman–Crippen LogP) is 2.87. The van der Waals surface area contributed by atoms with E-state index in [4.69, 9.17) is 4.55 Å². The van der Waals surface area contributed by atoms with Gasteiger partial charge < -0.3 is 10.0 Å². The molecule has 1 aliphatic rings. The van der Waals surface area contributed by atoms with Crippen LogP contribution in [0.25, 0.3) is 0 Å². The lowest BCUT2D eigenvalue weighted by atomic mass is 9.94. The zero-order valence-electron chi connectivity index (χ0n) is 14.3. The maximum atomic E-state index is 10.5. The quantitative estimate of drug-likeness (QED) is 0.807. The smallest absolute Gasteiger partial charge is 0.294 e. The Morgan fingerprint density at radius 2 is 1.52 bits per heavy atom. The highest BCUT2D eigenvalue weighted by molar-refractivity contribution is 7.85. The van der Waals surface area contributed by atoms with E-state index < -0.39 is 10.1 Å². The summed E-state index contributed by atoms with van der Waals surface area (Å²) in [5.74, 6) is 0. The van der Waals surface area contributed by atoms with Crippen LogP contribution in [0.15, 0.2) is 29.2 Å². The van der Waals surface area contributed by atoms with Crippen molar-refractivity contribution >= 4 is 10.1 Å². The van der Waals surface area contributed by atoms with Gasteiger partial charge in [-0.1, -0.05) is 43.4 Å². The Bertz CT molecular complexity index is 554. The Labute approximate surface area is 140 Å². The molecular weight excluding hydrogens is 314 g/mol. The standard InChI is InChI=1S/C10H21NO.C7H8O3S/c1-11(2)9-7-5-3-4-6-8-10(9)12;1-6-2-4-7(5-3-6)11(8,9)10/h9-10,12H,3-8H2,1-2H3;2-5H,1H3,(H,8,9,10)/t9-,10-;/m0./s1. The first-order chi connectivity index (χ1) is 10.7. The van der Waals surface area contributed by atoms with Gasteiger partial charge in [-0.15, -0.1) is 0 Å². The molecule has 0 aromatic heterocycles. The summed E-state index contributed by atoms with van der Waals surface area (Å²) in [5.41, 5.74) is 0.956. The Morgan fingerprint density at radius 3 is 2.00 bits per heavy atom. The minimum absolute atomic E-state index is 0.0666. The molecule has 0 saturated heterocycles. The Morgan fingerprint density at radius 1 is 1.00 bits per heavy atom. The van der Waals surface area contributed by atoms with E-state index in [0.29, 0.717) is 6.04 Å². The number of aliphatic hydroxyl groups is 1. The fourth-order valence-corrected chi connectivity index (χ4v) is 3.24. The minimum atomic E-state index is -4.02. The van der Waals surface area contributed by atoms with E-state index in [0.717, 1.165) is 18.4 Å². The van der Waals surface area contributed by atoms with Crippen molar-refractivity contribution in [3.05, 3.63) is 29.8 Å². The Hall–Kier alpha value is -0.950. The molecule has 23 heavy (non-hydrogen) atoms. The van der Waals surface area contributed by atoms with Crippen molar-refractivity contribution in [3.63, 3.8) is 0 Å². The molecule has 0 unspecified atom stereocenters. The van der Waals surface area contributed by atoms with Gasteiger partial charge in [0.05, 0.1) is 11.0 Å². The lowest BCUT2D eigenvalue weighted by Gasteiger charge is -2.30. The first-order valence-corrected chi connectivity index (χ1v) is 9.54. The number of rotatable bonds is 2. The predicted molar refractivity (Wildman–Crippen MR) is 92.2 cm³/mol. The number of benzene rings is 1. The summed E-state index contributed by atoms with van der Waals surface area (Å²) in [4.78, 5) is 2.10. The summed E-state index contributed by atoms with van der Waals surface area (Å²) in [5, 5.41) is 9.80. The lowest BCUT2D eigenvalue weighted by molar-refractivity contribution is 0.0559. The summed E-state index contributed by atoms with van der Waals surface area (Å²) >= 11 is 0. The molecule has 1 saturated carbocycles. The van der Waals surface area contributed by atoms with Crippen LogP contribution in [0.2, 0.25) is 0 Å². The van der Waals surface area contributed by atoms with Gasteiger partial charge in [-0.05, 0) is 46.0 Å². The van der Waals surface area contributed by atoms with Crippen LogP contribution >= 0.6 is 0 Å². The summed E-state index contributed by atoms with van der Waals surface area (Å²) in [6.07, 6.45) is 7.18. The second-order valence-corrected chi connectivity index (χ2v) is 7.80. The molecule has 1 aromatic carbocycles. The topological polar surface area (TPSA) is 77.8 Å². The first kappa shape index (κ1) is 20.1. The summed E-state index contributed by atoms with van der Waals surface area (Å²) in [7, 11) is 0.110. The average Bonchev–Trinajstić information content (AvgIpc) is 2.43. The van der Waals surface area contributed by atoms with Crippen LogP contribution in [-0.4, -0.2) is 49.2 Å². The van der Waals surface area contributed by atoms with Gasteiger partial charge in [0, 0.05) is 6.04 Å². The van der Waals surface area contributed by atoms with Gasteiger partial charge in [0.25, 0.3) is 10.1 Å². The summed E-state index contributed by atoms with van der Waals surface area (Å²) in [6, 6.07) is 6.38. The molecule has 2 atom stereocenters. The highest BCUT2D eigenvalue weighted by Crippen LogP contribution is 2.20. The van der Waals surface area contributed by atoms with Gasteiger partial charge in [0.15, 0.2) is 0 Å². The number of hydrogen-bond donors (Lipinski definition) is 2. The molecule has 0 heterocycles. The molecule has 5 nitrogen and oxygen atoms in total. The third-order valence-corrected chi connectivity index (χ3v) is 5.04. The molecule has 132 valence electrons. The van der Waals surface area contributed by atoms with E-state index in [2.05, 4.69) is 19.0 Å². The van der Waals surface area contributed by atoms with Crippen molar-refractivity contribution in [2.75, 3.05) is 14.1 Å². The maximum absolute atomic E-state index is 10.5. The van der Waals surface area contributed by atoms with Crippen molar-refractivity contribution in [3.8, 4) is 0 Å². The SMILES string of the molecule is CN(C)[C@H]1CCCCCC[C@@H]1O.Cc1ccc(S(=O)(=O)O)cc1. The molecule has 0 radical (unpaired) electrons. The van der Waals surface area contributed by atoms with Gasteiger partial charge in [-0.3, -0.25) is 4.55 Å². The molecule has 6 heteroatoms. The Balaban J connectivity index is 0.000000231. The number of nitrogens with zero attached hydrogens (tertiary/aromatic N) is 1. The molecule has 2 rings (SSSR count). The second kappa shape index (κ2) is 9.37. The van der Waals surface area contributed by atoms with Gasteiger partial charge in [-0.2, -0.15) is 8.42 Å². The molecule has 1 aromatic rings. The molecular formula is C17H29NO4S. The van der Waals surface area contributed by atoms with E-state index in [-0.39, 0.29) is 11.0 Å². The monoisotopic (exact) mass is 343 g/mol. The second-order valence-electron chi connectivity index (χ2n) is 6.38. The molecule has 0 spiro atoms. The van der Waals surface area contributed by atoms with Crippen LogP contribution in [0.4, 0.5) is 0 Å². The van der Waals surface area contributed by atoms with E-state index in [1.165, 1.54) is 37.8 Å². The number of likely N-dealkylation sites (N-methyl/N-ethyl adjacent to an activating group) is 1. The van der Waals surface area contributed by atoms with Crippen LogP contribution < -0.4 is 0 Å². The number of aliphatic hydroxyl groups excluding tert-OH is 1. The van der Waals surface area contributed by atoms with E-state index >= 15 is 0 Å². The van der Waals surface area contributed by atoms with Gasteiger partial charge in [0.1, 0.15) is 0 Å². The van der Waals surface area contributed by atoms with Crippen LogP contribution in [0, 0.1) is 6.92 Å². The number of hydrogen-bond acceptors (Lipinski definition) is 4. The normalized spacial score (nSPS) is 22.7. The van der Waals surface area contributed by atoms with E-state index in [1.807, 2.05) is 6.92 Å². The molecule has 1 aliphatic carbocycles. The highest BCUT2D eigenvalue weighted by Gasteiger charge is 2.21. The third-order valence-electron chi connectivity index (χ3n) is 4.18. The average molecular weight is 343 g/mol. The van der Waals surface area contributed by atoms with E-state index in [9.17, 15) is 13.5 Å². The van der Waals surface area contributed by atoms with Gasteiger partial charge in [-0.25, -0.2) is 0 Å². The highest BCUT2D eigenvalue weighted by atomic mass is 32.2. The van der Waals surface area contributed by atoms with Crippen LogP contribution in [-0.2, 0) is 10.1 Å². The van der Waals surface area contributed by atoms with Crippen molar-refractivity contribution in [1.82, 2.24) is 4.90 Å². The summed E-state index contributed by atoms with van der Waals surface area (Å²) in [6.45, 7) is 1.84. The first-order valence-electron chi connectivity index (χ1n) is 8.10. The molecule has 0 aliphatic heterocycles. The van der Waals surface area contributed by atoms with Gasteiger partial charge >= 0.3 is 0 Å². The number of aryl methyl sites for hydroxylation is 1. The molecule has 0 amide bonds. The fourth-order valence-electron chi connectivity index (χ4n) is 2.76. The van der Waals surface area contributed by atoms with Crippen LogP contribution in [0.1, 0.15) is 44.1 Å². The van der Waals surface area contributed by atoms with Crippen molar-refractivity contribution < 1.29 is 18.1 Å². The fraction of sp³-hybridized carbons (Fsp3) is 0.647. The van der Waals surface area contributed by atoms with Crippen LogP contribution in [0.5, 0.6) is 0 Å². The van der Waals surface area contributed by atoms with E-state index in [1.54, 1.807) is 12.1 Å². The van der Waals surface area contributed by atoms with Crippen molar-refractivity contribution in [1.29, 1.82) is 0 Å². The maximum Gasteiger partial charge on any atom is 0.294 e. The third kappa shape index (κ3) is 7.44. The van der Waals surface area contributed by atoms with Gasteiger partial charge in [0.2, 0.25) is 0 Å². The lowest BCUT2D eigenvalue weighted by Crippen LogP contribution is -2.39. The summed E-state index contributed by atoms with van der Waals surface area (Å²) < 4.78 is 29.6. The molecule has 1 fully saturated rings. The van der Waals surface area contributed by atoms with Crippen molar-refractivity contribution in [2.45, 2.75) is 62.5 Å². The molecule has 0 bridgehead atoms.